The maximum atomic E-state index is 12.3. The third-order valence-electron chi connectivity index (χ3n) is 3.98. The van der Waals surface area contributed by atoms with Crippen molar-refractivity contribution in [2.45, 2.75) is 32.9 Å². The minimum absolute atomic E-state index is 0. The van der Waals surface area contributed by atoms with E-state index in [4.69, 9.17) is 0 Å². The molecule has 1 heterocycles. The molecule has 1 unspecified atom stereocenters. The highest BCUT2D eigenvalue weighted by atomic mass is 35.5. The molecule has 23 heavy (non-hydrogen) atoms. The summed E-state index contributed by atoms with van der Waals surface area (Å²) in [6.45, 7) is 7.01. The quantitative estimate of drug-likeness (QED) is 0.887. The zero-order valence-corrected chi connectivity index (χ0v) is 14.6. The highest BCUT2D eigenvalue weighted by molar-refractivity contribution is 5.85. The van der Waals surface area contributed by atoms with Gasteiger partial charge in [-0.1, -0.05) is 30.3 Å². The Hall–Kier alpha value is -1.59. The number of hydrogen-bond acceptors (Lipinski definition) is 3. The van der Waals surface area contributed by atoms with Crippen LogP contribution in [0.5, 0.6) is 0 Å². The number of nitrogens with zero attached hydrogens (tertiary/aromatic N) is 2. The monoisotopic (exact) mass is 339 g/mol. The third-order valence-corrected chi connectivity index (χ3v) is 3.98. The average molecular weight is 340 g/mol. The van der Waals surface area contributed by atoms with Gasteiger partial charge in [-0.05, 0) is 12.5 Å². The van der Waals surface area contributed by atoms with Crippen LogP contribution in [-0.4, -0.2) is 53.8 Å². The molecule has 0 spiro atoms. The Labute approximate surface area is 144 Å². The second kappa shape index (κ2) is 9.53. The molecular formula is C17H26ClN3O2. The first-order valence-corrected chi connectivity index (χ1v) is 7.87. The van der Waals surface area contributed by atoms with Gasteiger partial charge in [0.25, 0.3) is 0 Å². The van der Waals surface area contributed by atoms with E-state index < -0.39 is 0 Å². The number of hydrogen-bond donors (Lipinski definition) is 1. The molecule has 1 aromatic carbocycles. The maximum Gasteiger partial charge on any atom is 0.224 e. The van der Waals surface area contributed by atoms with Crippen molar-refractivity contribution >= 4 is 24.2 Å². The summed E-state index contributed by atoms with van der Waals surface area (Å²) < 4.78 is 0. The number of amides is 2. The van der Waals surface area contributed by atoms with Crippen molar-refractivity contribution in [2.24, 2.45) is 0 Å². The van der Waals surface area contributed by atoms with E-state index in [1.807, 2.05) is 35.2 Å². The number of carbonyl (C=O) groups is 2. The van der Waals surface area contributed by atoms with Crippen LogP contribution in [0.4, 0.5) is 0 Å². The lowest BCUT2D eigenvalue weighted by atomic mass is 10.2. The molecule has 0 saturated carbocycles. The summed E-state index contributed by atoms with van der Waals surface area (Å²) in [7, 11) is 0. The second-order valence-electron chi connectivity index (χ2n) is 5.87. The van der Waals surface area contributed by atoms with Gasteiger partial charge in [0, 0.05) is 52.1 Å². The van der Waals surface area contributed by atoms with E-state index in [0.29, 0.717) is 25.6 Å². The highest BCUT2D eigenvalue weighted by Gasteiger charge is 2.21. The molecule has 1 fully saturated rings. The first-order valence-electron chi connectivity index (χ1n) is 7.87. The lowest BCUT2D eigenvalue weighted by Gasteiger charge is -2.32. The molecule has 0 aromatic heterocycles. The summed E-state index contributed by atoms with van der Waals surface area (Å²) in [6.07, 6.45) is 0.388. The van der Waals surface area contributed by atoms with E-state index in [1.165, 1.54) is 0 Å². The minimum Gasteiger partial charge on any atom is -0.340 e. The largest absolute Gasteiger partial charge is 0.340 e. The highest BCUT2D eigenvalue weighted by Crippen LogP contribution is 2.07. The van der Waals surface area contributed by atoms with Crippen LogP contribution in [-0.2, 0) is 16.1 Å². The summed E-state index contributed by atoms with van der Waals surface area (Å²) in [5.41, 5.74) is 1.08. The molecule has 0 aliphatic carbocycles. The Kier molecular flexibility index (Phi) is 8.06. The Morgan fingerprint density at radius 1 is 1.30 bits per heavy atom. The number of piperazine rings is 1. The standard InChI is InChI=1S/C17H25N3O2.ClH/c1-14-12-20(11-9-18-14)17(22)8-10-19(15(2)21)13-16-6-4-3-5-7-16;/h3-7,14,18H,8-13H2,1-2H3;1H. The normalized spacial score (nSPS) is 17.3. The molecule has 6 heteroatoms. The smallest absolute Gasteiger partial charge is 0.224 e. The van der Waals surface area contributed by atoms with E-state index in [2.05, 4.69) is 12.2 Å². The van der Waals surface area contributed by atoms with E-state index >= 15 is 0 Å². The van der Waals surface area contributed by atoms with Crippen molar-refractivity contribution < 1.29 is 9.59 Å². The van der Waals surface area contributed by atoms with Gasteiger partial charge in [0.2, 0.25) is 11.8 Å². The van der Waals surface area contributed by atoms with E-state index in [-0.39, 0.29) is 24.2 Å². The van der Waals surface area contributed by atoms with Crippen molar-refractivity contribution in [3.05, 3.63) is 35.9 Å². The summed E-state index contributed by atoms with van der Waals surface area (Å²) in [5, 5.41) is 3.32. The number of benzene rings is 1. The molecule has 2 rings (SSSR count). The Morgan fingerprint density at radius 2 is 2.00 bits per heavy atom. The molecular weight excluding hydrogens is 314 g/mol. The van der Waals surface area contributed by atoms with Crippen molar-refractivity contribution in [1.29, 1.82) is 0 Å². The Bertz CT molecular complexity index is 510. The topological polar surface area (TPSA) is 52.7 Å². The first kappa shape index (κ1) is 19.5. The predicted molar refractivity (Wildman–Crippen MR) is 93.4 cm³/mol. The van der Waals surface area contributed by atoms with E-state index in [1.54, 1.807) is 11.8 Å². The molecule has 1 N–H and O–H groups in total. The number of halogens is 1. The molecule has 1 saturated heterocycles. The molecule has 1 atom stereocenters. The fraction of sp³-hybridized carbons (Fsp3) is 0.529. The van der Waals surface area contributed by atoms with Crippen LogP contribution in [0.15, 0.2) is 30.3 Å². The fourth-order valence-corrected chi connectivity index (χ4v) is 2.70. The Balaban J connectivity index is 0.00000264. The van der Waals surface area contributed by atoms with Crippen molar-refractivity contribution in [2.75, 3.05) is 26.2 Å². The molecule has 128 valence electrons. The van der Waals surface area contributed by atoms with Crippen molar-refractivity contribution in [1.82, 2.24) is 15.1 Å². The predicted octanol–water partition coefficient (Wildman–Crippen LogP) is 1.67. The fourth-order valence-electron chi connectivity index (χ4n) is 2.70. The third kappa shape index (κ3) is 6.20. The van der Waals surface area contributed by atoms with Gasteiger partial charge in [-0.2, -0.15) is 0 Å². The number of nitrogens with one attached hydrogen (secondary N) is 1. The van der Waals surface area contributed by atoms with Crippen LogP contribution in [0.3, 0.4) is 0 Å². The molecule has 1 aliphatic rings. The summed E-state index contributed by atoms with van der Waals surface area (Å²) in [6, 6.07) is 10.2. The molecule has 1 aliphatic heterocycles. The molecule has 5 nitrogen and oxygen atoms in total. The van der Waals surface area contributed by atoms with E-state index in [9.17, 15) is 9.59 Å². The van der Waals surface area contributed by atoms with Crippen LogP contribution in [0.1, 0.15) is 25.8 Å². The zero-order chi connectivity index (χ0) is 15.9. The average Bonchev–Trinajstić information content (AvgIpc) is 2.51. The molecule has 2 amide bonds. The summed E-state index contributed by atoms with van der Waals surface area (Å²) in [5.74, 6) is 0.137. The van der Waals surface area contributed by atoms with Gasteiger partial charge in [-0.3, -0.25) is 9.59 Å². The lowest BCUT2D eigenvalue weighted by Crippen LogP contribution is -2.51. The lowest BCUT2D eigenvalue weighted by molar-refractivity contribution is -0.134. The van der Waals surface area contributed by atoms with Crippen molar-refractivity contribution in [3.63, 3.8) is 0 Å². The van der Waals surface area contributed by atoms with Crippen LogP contribution in [0.2, 0.25) is 0 Å². The first-order chi connectivity index (χ1) is 10.6. The Morgan fingerprint density at radius 3 is 2.61 bits per heavy atom. The van der Waals surface area contributed by atoms with Gasteiger partial charge < -0.3 is 15.1 Å². The second-order valence-corrected chi connectivity index (χ2v) is 5.87. The van der Waals surface area contributed by atoms with Gasteiger partial charge in [0.15, 0.2) is 0 Å². The number of carbonyl (C=O) groups excluding carboxylic acids is 2. The number of rotatable bonds is 5. The molecule has 0 radical (unpaired) electrons. The zero-order valence-electron chi connectivity index (χ0n) is 13.8. The van der Waals surface area contributed by atoms with Crippen LogP contribution >= 0.6 is 12.4 Å². The van der Waals surface area contributed by atoms with Crippen LogP contribution < -0.4 is 5.32 Å². The SMILES string of the molecule is CC(=O)N(CCC(=O)N1CCNC(C)C1)Cc1ccccc1.Cl. The van der Waals surface area contributed by atoms with Crippen molar-refractivity contribution in [3.8, 4) is 0 Å². The summed E-state index contributed by atoms with van der Waals surface area (Å²) in [4.78, 5) is 27.7. The van der Waals surface area contributed by atoms with Crippen LogP contribution in [0.25, 0.3) is 0 Å². The maximum absolute atomic E-state index is 12.3. The van der Waals surface area contributed by atoms with Gasteiger partial charge in [-0.25, -0.2) is 0 Å². The minimum atomic E-state index is 0. The van der Waals surface area contributed by atoms with Gasteiger partial charge in [0.1, 0.15) is 0 Å². The van der Waals surface area contributed by atoms with E-state index in [0.717, 1.165) is 25.2 Å². The van der Waals surface area contributed by atoms with Gasteiger partial charge in [0.05, 0.1) is 0 Å². The van der Waals surface area contributed by atoms with Crippen LogP contribution in [0, 0.1) is 0 Å². The molecule has 1 aromatic rings. The molecule has 0 bridgehead atoms. The van der Waals surface area contributed by atoms with Gasteiger partial charge in [-0.15, -0.1) is 12.4 Å². The van der Waals surface area contributed by atoms with Gasteiger partial charge >= 0.3 is 0 Å². The summed E-state index contributed by atoms with van der Waals surface area (Å²) >= 11 is 0.